The molecule has 26 heavy (non-hydrogen) atoms. The van der Waals surface area contributed by atoms with Gasteiger partial charge in [0.1, 0.15) is 0 Å². The summed E-state index contributed by atoms with van der Waals surface area (Å²) in [5, 5.41) is 2.94. The molecule has 0 aliphatic carbocycles. The van der Waals surface area contributed by atoms with Gasteiger partial charge < -0.3 is 19.9 Å². The number of ether oxygens (including phenoxy) is 1. The Labute approximate surface area is 154 Å². The average Bonchev–Trinajstić information content (AvgIpc) is 2.69. The first-order chi connectivity index (χ1) is 12.6. The Morgan fingerprint density at radius 1 is 0.962 bits per heavy atom. The number of rotatable bonds is 5. The highest BCUT2D eigenvalue weighted by Gasteiger charge is 2.20. The summed E-state index contributed by atoms with van der Waals surface area (Å²) in [6, 6.07) is 6.95. The second-order valence-corrected chi connectivity index (χ2v) is 6.88. The van der Waals surface area contributed by atoms with Crippen LogP contribution in [-0.4, -0.2) is 99.1 Å². The van der Waals surface area contributed by atoms with Crippen LogP contribution in [0.5, 0.6) is 0 Å². The Hall–Kier alpha value is -1.96. The van der Waals surface area contributed by atoms with Crippen molar-refractivity contribution in [2.24, 2.45) is 0 Å². The molecule has 0 spiro atoms. The van der Waals surface area contributed by atoms with Gasteiger partial charge in [-0.05, 0) is 31.3 Å². The van der Waals surface area contributed by atoms with Gasteiger partial charge in [0.05, 0.1) is 13.2 Å². The van der Waals surface area contributed by atoms with Gasteiger partial charge in [0.25, 0.3) is 11.8 Å². The molecule has 3 rings (SSSR count). The molecule has 2 fully saturated rings. The SMILES string of the molecule is CN1CCN(C(=O)c2ccc(C(=O)NCCN3CCOCC3)cc2)CC1. The lowest BCUT2D eigenvalue weighted by atomic mass is 10.1. The van der Waals surface area contributed by atoms with Gasteiger partial charge >= 0.3 is 0 Å². The van der Waals surface area contributed by atoms with Crippen molar-refractivity contribution in [2.45, 2.75) is 0 Å². The minimum Gasteiger partial charge on any atom is -0.379 e. The first-order valence-electron chi connectivity index (χ1n) is 9.29. The van der Waals surface area contributed by atoms with Crippen LogP contribution in [0.15, 0.2) is 24.3 Å². The van der Waals surface area contributed by atoms with E-state index in [-0.39, 0.29) is 11.8 Å². The fourth-order valence-corrected chi connectivity index (χ4v) is 3.21. The van der Waals surface area contributed by atoms with Gasteiger partial charge in [0, 0.05) is 63.5 Å². The zero-order valence-electron chi connectivity index (χ0n) is 15.4. The van der Waals surface area contributed by atoms with Crippen molar-refractivity contribution in [1.82, 2.24) is 20.0 Å². The molecule has 2 aliphatic heterocycles. The quantitative estimate of drug-likeness (QED) is 0.809. The number of amides is 2. The first-order valence-corrected chi connectivity index (χ1v) is 9.29. The van der Waals surface area contributed by atoms with Gasteiger partial charge in [-0.1, -0.05) is 0 Å². The van der Waals surface area contributed by atoms with Crippen LogP contribution in [0, 0.1) is 0 Å². The molecule has 0 bridgehead atoms. The second-order valence-electron chi connectivity index (χ2n) is 6.88. The van der Waals surface area contributed by atoms with E-state index in [1.54, 1.807) is 24.3 Å². The third-order valence-corrected chi connectivity index (χ3v) is 5.00. The van der Waals surface area contributed by atoms with E-state index < -0.39 is 0 Å². The number of morpholine rings is 1. The van der Waals surface area contributed by atoms with Crippen molar-refractivity contribution >= 4 is 11.8 Å². The number of hydrogen-bond acceptors (Lipinski definition) is 5. The number of nitrogens with one attached hydrogen (secondary N) is 1. The summed E-state index contributed by atoms with van der Waals surface area (Å²) in [6.45, 7) is 8.09. The van der Waals surface area contributed by atoms with E-state index in [1.165, 1.54) is 0 Å². The zero-order valence-corrected chi connectivity index (χ0v) is 15.4. The molecule has 7 nitrogen and oxygen atoms in total. The van der Waals surface area contributed by atoms with E-state index in [4.69, 9.17) is 4.74 Å². The summed E-state index contributed by atoms with van der Waals surface area (Å²) in [5.41, 5.74) is 1.22. The smallest absolute Gasteiger partial charge is 0.253 e. The van der Waals surface area contributed by atoms with E-state index in [0.29, 0.717) is 17.7 Å². The van der Waals surface area contributed by atoms with Crippen molar-refractivity contribution < 1.29 is 14.3 Å². The van der Waals surface area contributed by atoms with Gasteiger partial charge in [-0.3, -0.25) is 14.5 Å². The van der Waals surface area contributed by atoms with Crippen molar-refractivity contribution in [1.29, 1.82) is 0 Å². The van der Waals surface area contributed by atoms with Crippen molar-refractivity contribution in [2.75, 3.05) is 72.6 Å². The van der Waals surface area contributed by atoms with Crippen LogP contribution in [0.1, 0.15) is 20.7 Å². The largest absolute Gasteiger partial charge is 0.379 e. The predicted octanol–water partition coefficient (Wildman–Crippen LogP) is 0.136. The van der Waals surface area contributed by atoms with Crippen LogP contribution in [0.25, 0.3) is 0 Å². The Bertz CT molecular complexity index is 606. The molecule has 1 aromatic carbocycles. The second kappa shape index (κ2) is 9.12. The van der Waals surface area contributed by atoms with Crippen molar-refractivity contribution in [3.05, 3.63) is 35.4 Å². The topological polar surface area (TPSA) is 65.1 Å². The number of carbonyl (C=O) groups is 2. The molecule has 2 heterocycles. The molecular weight excluding hydrogens is 332 g/mol. The number of likely N-dealkylation sites (N-methyl/N-ethyl adjacent to an activating group) is 1. The van der Waals surface area contributed by atoms with Crippen LogP contribution >= 0.6 is 0 Å². The van der Waals surface area contributed by atoms with E-state index in [1.807, 2.05) is 4.90 Å². The molecule has 0 saturated carbocycles. The summed E-state index contributed by atoms with van der Waals surface area (Å²) in [4.78, 5) is 31.1. The Morgan fingerprint density at radius 3 is 2.23 bits per heavy atom. The van der Waals surface area contributed by atoms with E-state index in [0.717, 1.165) is 59.0 Å². The summed E-state index contributed by atoms with van der Waals surface area (Å²) in [6.07, 6.45) is 0. The summed E-state index contributed by atoms with van der Waals surface area (Å²) in [5.74, 6) is -0.0609. The summed E-state index contributed by atoms with van der Waals surface area (Å²) < 4.78 is 5.31. The molecule has 2 saturated heterocycles. The predicted molar refractivity (Wildman–Crippen MR) is 99.4 cm³/mol. The molecule has 1 N–H and O–H groups in total. The maximum atomic E-state index is 12.5. The van der Waals surface area contributed by atoms with Crippen LogP contribution in [-0.2, 0) is 4.74 Å². The lowest BCUT2D eigenvalue weighted by molar-refractivity contribution is 0.0383. The normalized spacial score (nSPS) is 19.3. The van der Waals surface area contributed by atoms with E-state index >= 15 is 0 Å². The fraction of sp³-hybridized carbons (Fsp3) is 0.579. The Kier molecular flexibility index (Phi) is 6.60. The molecule has 0 atom stereocenters. The molecule has 2 aliphatic rings. The molecule has 7 heteroatoms. The third-order valence-electron chi connectivity index (χ3n) is 5.00. The van der Waals surface area contributed by atoms with Crippen molar-refractivity contribution in [3.63, 3.8) is 0 Å². The third kappa shape index (κ3) is 5.03. The zero-order chi connectivity index (χ0) is 18.4. The van der Waals surface area contributed by atoms with E-state index in [2.05, 4.69) is 22.2 Å². The number of hydrogen-bond donors (Lipinski definition) is 1. The molecule has 0 aromatic heterocycles. The summed E-state index contributed by atoms with van der Waals surface area (Å²) in [7, 11) is 2.06. The van der Waals surface area contributed by atoms with Crippen LogP contribution < -0.4 is 5.32 Å². The number of benzene rings is 1. The highest BCUT2D eigenvalue weighted by molar-refractivity contribution is 5.97. The highest BCUT2D eigenvalue weighted by atomic mass is 16.5. The molecule has 0 unspecified atom stereocenters. The lowest BCUT2D eigenvalue weighted by Gasteiger charge is -2.32. The molecule has 2 amide bonds. The maximum absolute atomic E-state index is 12.5. The number of carbonyl (C=O) groups excluding carboxylic acids is 2. The van der Waals surface area contributed by atoms with Gasteiger partial charge in [0.15, 0.2) is 0 Å². The van der Waals surface area contributed by atoms with Crippen LogP contribution in [0.3, 0.4) is 0 Å². The summed E-state index contributed by atoms with van der Waals surface area (Å²) >= 11 is 0. The van der Waals surface area contributed by atoms with Crippen molar-refractivity contribution in [3.8, 4) is 0 Å². The lowest BCUT2D eigenvalue weighted by Crippen LogP contribution is -2.47. The molecule has 0 radical (unpaired) electrons. The first kappa shape index (κ1) is 18.8. The van der Waals surface area contributed by atoms with Gasteiger partial charge in [-0.25, -0.2) is 0 Å². The number of nitrogens with zero attached hydrogens (tertiary/aromatic N) is 3. The Balaban J connectivity index is 1.47. The van der Waals surface area contributed by atoms with Crippen LogP contribution in [0.2, 0.25) is 0 Å². The monoisotopic (exact) mass is 360 g/mol. The van der Waals surface area contributed by atoms with Gasteiger partial charge in [-0.15, -0.1) is 0 Å². The molecule has 142 valence electrons. The minimum atomic E-state index is -0.100. The molecule has 1 aromatic rings. The number of piperazine rings is 1. The highest BCUT2D eigenvalue weighted by Crippen LogP contribution is 2.10. The van der Waals surface area contributed by atoms with Crippen LogP contribution in [0.4, 0.5) is 0 Å². The average molecular weight is 360 g/mol. The van der Waals surface area contributed by atoms with E-state index in [9.17, 15) is 9.59 Å². The fourth-order valence-electron chi connectivity index (χ4n) is 3.21. The molecular formula is C19H28N4O3. The van der Waals surface area contributed by atoms with Gasteiger partial charge in [0.2, 0.25) is 0 Å². The minimum absolute atomic E-state index is 0.0392. The standard InChI is InChI=1S/C19H28N4O3/c1-21-8-10-23(11-9-21)19(25)17-4-2-16(3-5-17)18(24)20-6-7-22-12-14-26-15-13-22/h2-5H,6-15H2,1H3,(H,20,24). The Morgan fingerprint density at radius 2 is 1.58 bits per heavy atom. The van der Waals surface area contributed by atoms with Gasteiger partial charge in [-0.2, -0.15) is 0 Å². The maximum Gasteiger partial charge on any atom is 0.253 e.